The fourth-order valence-corrected chi connectivity index (χ4v) is 5.59. The maximum absolute atomic E-state index is 12.0. The number of rotatable bonds is 13. The summed E-state index contributed by atoms with van der Waals surface area (Å²) < 4.78 is 47.8. The van der Waals surface area contributed by atoms with Gasteiger partial charge in [0.15, 0.2) is 19.7 Å². The minimum atomic E-state index is -3.31. The lowest BCUT2D eigenvalue weighted by molar-refractivity contribution is 0.321. The number of sulfone groups is 2. The molecule has 0 amide bonds. The maximum atomic E-state index is 12.0. The first-order valence-corrected chi connectivity index (χ1v) is 11.7. The molecule has 6 nitrogen and oxygen atoms in total. The second kappa shape index (κ2) is 10.6. The van der Waals surface area contributed by atoms with Gasteiger partial charge < -0.3 is 9.80 Å². The molecule has 0 aromatic carbocycles. The minimum absolute atomic E-state index is 0.0280. The lowest BCUT2D eigenvalue weighted by Crippen LogP contribution is -2.33. The average Bonchev–Trinajstić information content (AvgIpc) is 2.47. The molecule has 0 aromatic rings. The van der Waals surface area contributed by atoms with Gasteiger partial charge in [-0.25, -0.2) is 16.8 Å². The summed E-state index contributed by atoms with van der Waals surface area (Å²) >= 11 is 0. The Labute approximate surface area is 136 Å². The summed E-state index contributed by atoms with van der Waals surface area (Å²) in [6.45, 7) is 12.1. The first-order valence-electron chi connectivity index (χ1n) is 8.05. The Balaban J connectivity index is 4.33. The highest BCUT2D eigenvalue weighted by molar-refractivity contribution is 7.95. The second-order valence-electron chi connectivity index (χ2n) is 5.36. The van der Waals surface area contributed by atoms with Crippen LogP contribution in [0.25, 0.3) is 0 Å². The SMILES string of the molecule is CCN(CC)CCS(=O)(=O)CCS(=O)(=O)CCN(CC)CC. The van der Waals surface area contributed by atoms with Crippen molar-refractivity contribution in [2.24, 2.45) is 0 Å². The molecule has 0 bridgehead atoms. The Bertz CT molecular complexity index is 435. The van der Waals surface area contributed by atoms with Gasteiger partial charge in [-0.1, -0.05) is 27.7 Å². The van der Waals surface area contributed by atoms with Gasteiger partial charge in [0, 0.05) is 13.1 Å². The molecule has 0 saturated heterocycles. The topological polar surface area (TPSA) is 74.8 Å². The molecule has 0 rings (SSSR count). The van der Waals surface area contributed by atoms with Gasteiger partial charge in [-0.05, 0) is 26.2 Å². The van der Waals surface area contributed by atoms with Gasteiger partial charge in [-0.15, -0.1) is 0 Å². The largest absolute Gasteiger partial charge is 0.303 e. The van der Waals surface area contributed by atoms with Gasteiger partial charge in [0.2, 0.25) is 0 Å². The van der Waals surface area contributed by atoms with E-state index in [1.807, 2.05) is 37.5 Å². The van der Waals surface area contributed by atoms with E-state index in [9.17, 15) is 16.8 Å². The van der Waals surface area contributed by atoms with Gasteiger partial charge in [-0.2, -0.15) is 0 Å². The first kappa shape index (κ1) is 21.8. The number of hydrogen-bond acceptors (Lipinski definition) is 6. The average molecular weight is 357 g/mol. The highest BCUT2D eigenvalue weighted by Crippen LogP contribution is 2.00. The normalized spacial score (nSPS) is 13.2. The van der Waals surface area contributed by atoms with Crippen LogP contribution < -0.4 is 0 Å². The van der Waals surface area contributed by atoms with Crippen molar-refractivity contribution in [1.29, 1.82) is 0 Å². The predicted octanol–water partition coefficient (Wildman–Crippen LogP) is 0.500. The molecule has 0 radical (unpaired) electrons. The second-order valence-corrected chi connectivity index (χ2v) is 9.96. The molecule has 8 heteroatoms. The van der Waals surface area contributed by atoms with Crippen molar-refractivity contribution >= 4 is 19.7 Å². The molecule has 0 aliphatic heterocycles. The molecule has 0 heterocycles. The fraction of sp³-hybridized carbons (Fsp3) is 1.00. The van der Waals surface area contributed by atoms with Crippen molar-refractivity contribution in [3.63, 3.8) is 0 Å². The van der Waals surface area contributed by atoms with Crippen molar-refractivity contribution in [2.45, 2.75) is 27.7 Å². The third-order valence-corrected chi connectivity index (χ3v) is 7.45. The van der Waals surface area contributed by atoms with Crippen LogP contribution in [0.3, 0.4) is 0 Å². The quantitative estimate of drug-likeness (QED) is 0.478. The molecule has 0 saturated carbocycles. The van der Waals surface area contributed by atoms with Crippen LogP contribution in [0.15, 0.2) is 0 Å². The van der Waals surface area contributed by atoms with Crippen LogP contribution in [0.2, 0.25) is 0 Å². The number of nitrogens with zero attached hydrogens (tertiary/aromatic N) is 2. The third-order valence-electron chi connectivity index (χ3n) is 3.93. The van der Waals surface area contributed by atoms with Gasteiger partial charge >= 0.3 is 0 Å². The standard InChI is InChI=1S/C14H32N2O4S2/c1-5-15(6-2)9-11-21(17,18)13-14-22(19,20)12-10-16(7-3)8-4/h5-14H2,1-4H3. The van der Waals surface area contributed by atoms with Crippen LogP contribution in [-0.2, 0) is 19.7 Å². The van der Waals surface area contributed by atoms with Crippen LogP contribution in [-0.4, -0.2) is 88.9 Å². The maximum Gasteiger partial charge on any atom is 0.152 e. The molecule has 22 heavy (non-hydrogen) atoms. The van der Waals surface area contributed by atoms with Crippen molar-refractivity contribution in [3.05, 3.63) is 0 Å². The summed E-state index contributed by atoms with van der Waals surface area (Å²) in [6.07, 6.45) is 0. The zero-order chi connectivity index (χ0) is 17.2. The summed E-state index contributed by atoms with van der Waals surface area (Å²) in [5.74, 6) is -0.482. The Kier molecular flexibility index (Phi) is 10.5. The van der Waals surface area contributed by atoms with Crippen molar-refractivity contribution < 1.29 is 16.8 Å². The number of hydrogen-bond donors (Lipinski definition) is 0. The summed E-state index contributed by atoms with van der Waals surface area (Å²) in [5, 5.41) is 0. The molecule has 0 aliphatic rings. The van der Waals surface area contributed by atoms with E-state index in [0.29, 0.717) is 13.1 Å². The zero-order valence-corrected chi connectivity index (χ0v) is 16.0. The molecule has 0 unspecified atom stereocenters. The minimum Gasteiger partial charge on any atom is -0.303 e. The molecular weight excluding hydrogens is 324 g/mol. The first-order chi connectivity index (χ1) is 10.2. The highest BCUT2D eigenvalue weighted by atomic mass is 32.2. The fourth-order valence-electron chi connectivity index (χ4n) is 2.07. The van der Waals surface area contributed by atoms with Crippen molar-refractivity contribution in [2.75, 3.05) is 62.3 Å². The molecule has 0 spiro atoms. The summed E-state index contributed by atoms with van der Waals surface area (Å²) in [6, 6.07) is 0. The summed E-state index contributed by atoms with van der Waals surface area (Å²) in [4.78, 5) is 4.04. The van der Waals surface area contributed by atoms with Gasteiger partial charge in [-0.3, -0.25) is 0 Å². The Morgan fingerprint density at radius 1 is 0.545 bits per heavy atom. The lowest BCUT2D eigenvalue weighted by atomic mass is 10.5. The van der Waals surface area contributed by atoms with Crippen LogP contribution in [0.5, 0.6) is 0 Å². The summed E-state index contributed by atoms with van der Waals surface area (Å²) in [7, 11) is -6.63. The van der Waals surface area contributed by atoms with E-state index in [-0.39, 0.29) is 23.0 Å². The van der Waals surface area contributed by atoms with E-state index in [1.165, 1.54) is 0 Å². The Morgan fingerprint density at radius 2 is 0.818 bits per heavy atom. The van der Waals surface area contributed by atoms with Gasteiger partial charge in [0.1, 0.15) is 0 Å². The van der Waals surface area contributed by atoms with E-state index >= 15 is 0 Å². The lowest BCUT2D eigenvalue weighted by Gasteiger charge is -2.18. The Hall–Kier alpha value is -0.180. The molecule has 0 atom stereocenters. The van der Waals surface area contributed by atoms with Gasteiger partial charge in [0.05, 0.1) is 23.0 Å². The summed E-state index contributed by atoms with van der Waals surface area (Å²) in [5.41, 5.74) is 0. The van der Waals surface area contributed by atoms with Crippen LogP contribution in [0.4, 0.5) is 0 Å². The van der Waals surface area contributed by atoms with E-state index in [0.717, 1.165) is 26.2 Å². The van der Waals surface area contributed by atoms with Crippen molar-refractivity contribution in [1.82, 2.24) is 9.80 Å². The zero-order valence-electron chi connectivity index (χ0n) is 14.4. The van der Waals surface area contributed by atoms with E-state index in [1.54, 1.807) is 0 Å². The molecule has 0 aliphatic carbocycles. The van der Waals surface area contributed by atoms with Crippen LogP contribution >= 0.6 is 0 Å². The third kappa shape index (κ3) is 9.76. The smallest absolute Gasteiger partial charge is 0.152 e. The predicted molar refractivity (Wildman–Crippen MR) is 92.9 cm³/mol. The monoisotopic (exact) mass is 356 g/mol. The molecule has 0 N–H and O–H groups in total. The molecule has 0 aromatic heterocycles. The molecular formula is C14H32N2O4S2. The van der Waals surface area contributed by atoms with Crippen LogP contribution in [0, 0.1) is 0 Å². The van der Waals surface area contributed by atoms with Crippen LogP contribution in [0.1, 0.15) is 27.7 Å². The Morgan fingerprint density at radius 3 is 1.05 bits per heavy atom. The van der Waals surface area contributed by atoms with E-state index < -0.39 is 19.7 Å². The van der Waals surface area contributed by atoms with E-state index in [2.05, 4.69) is 0 Å². The van der Waals surface area contributed by atoms with E-state index in [4.69, 9.17) is 0 Å². The highest BCUT2D eigenvalue weighted by Gasteiger charge is 2.19. The molecule has 134 valence electrons. The molecule has 0 fully saturated rings. The van der Waals surface area contributed by atoms with Crippen molar-refractivity contribution in [3.8, 4) is 0 Å². The van der Waals surface area contributed by atoms with Gasteiger partial charge in [0.25, 0.3) is 0 Å².